The summed E-state index contributed by atoms with van der Waals surface area (Å²) in [6.45, 7) is 0.519. The van der Waals surface area contributed by atoms with E-state index in [9.17, 15) is 18.7 Å². The number of carbonyl (C=O) groups is 1. The van der Waals surface area contributed by atoms with Crippen LogP contribution in [-0.2, 0) is 6.42 Å². The number of nitrogens with one attached hydrogen (secondary N) is 1. The molecule has 0 spiro atoms. The molecule has 2 aromatic rings. The molecule has 1 fully saturated rings. The Kier molecular flexibility index (Phi) is 5.00. The lowest BCUT2D eigenvalue weighted by molar-refractivity contribution is 0.166. The molecule has 1 saturated heterocycles. The first-order chi connectivity index (χ1) is 11.5. The molecule has 1 atom stereocenters. The Morgan fingerprint density at radius 3 is 2.79 bits per heavy atom. The highest BCUT2D eigenvalue weighted by atomic mass is 32.1. The molecule has 24 heavy (non-hydrogen) atoms. The second kappa shape index (κ2) is 7.18. The van der Waals surface area contributed by atoms with Crippen LogP contribution in [0.2, 0.25) is 0 Å². The van der Waals surface area contributed by atoms with Gasteiger partial charge in [-0.15, -0.1) is 10.2 Å². The second-order valence-corrected chi connectivity index (χ2v) is 6.62. The van der Waals surface area contributed by atoms with Gasteiger partial charge in [0.05, 0.1) is 12.6 Å². The predicted octanol–water partition coefficient (Wildman–Crippen LogP) is 2.40. The van der Waals surface area contributed by atoms with E-state index in [0.717, 1.165) is 30.2 Å². The molecule has 0 bridgehead atoms. The summed E-state index contributed by atoms with van der Waals surface area (Å²) in [7, 11) is 0. The molecule has 0 radical (unpaired) electrons. The average molecular weight is 354 g/mol. The number of anilines is 1. The minimum absolute atomic E-state index is 0.0695. The molecule has 1 aromatic heterocycles. The van der Waals surface area contributed by atoms with Gasteiger partial charge in [0.2, 0.25) is 5.13 Å². The van der Waals surface area contributed by atoms with Crippen molar-refractivity contribution in [3.63, 3.8) is 0 Å². The molecular weight excluding hydrogens is 338 g/mol. The monoisotopic (exact) mass is 354 g/mol. The molecular formula is C15H16F2N4O2S. The molecule has 6 nitrogen and oxygen atoms in total. The number of hydrogen-bond donors (Lipinski definition) is 2. The summed E-state index contributed by atoms with van der Waals surface area (Å²) in [5.41, 5.74) is 0.446. The van der Waals surface area contributed by atoms with Crippen molar-refractivity contribution in [2.75, 3.05) is 18.5 Å². The van der Waals surface area contributed by atoms with Gasteiger partial charge < -0.3 is 10.0 Å². The van der Waals surface area contributed by atoms with E-state index in [1.807, 2.05) is 0 Å². The highest BCUT2D eigenvalue weighted by molar-refractivity contribution is 7.15. The first-order valence-corrected chi connectivity index (χ1v) is 8.32. The van der Waals surface area contributed by atoms with Gasteiger partial charge in [0, 0.05) is 19.0 Å². The van der Waals surface area contributed by atoms with E-state index in [4.69, 9.17) is 0 Å². The van der Waals surface area contributed by atoms with Crippen molar-refractivity contribution >= 4 is 22.5 Å². The maximum Gasteiger partial charge on any atom is 0.324 e. The number of likely N-dealkylation sites (tertiary alicyclic amines) is 1. The number of nitrogens with zero attached hydrogens (tertiary/aromatic N) is 3. The van der Waals surface area contributed by atoms with Gasteiger partial charge in [-0.05, 0) is 30.5 Å². The summed E-state index contributed by atoms with van der Waals surface area (Å²) in [6, 6.07) is 2.78. The molecule has 128 valence electrons. The van der Waals surface area contributed by atoms with Gasteiger partial charge in [-0.3, -0.25) is 5.32 Å². The van der Waals surface area contributed by atoms with Crippen molar-refractivity contribution in [2.45, 2.75) is 25.3 Å². The van der Waals surface area contributed by atoms with E-state index in [2.05, 4.69) is 15.5 Å². The zero-order valence-corrected chi connectivity index (χ0v) is 13.5. The number of rotatable bonds is 4. The van der Waals surface area contributed by atoms with Gasteiger partial charge in [-0.1, -0.05) is 11.3 Å². The number of aromatic nitrogens is 2. The highest BCUT2D eigenvalue weighted by Crippen LogP contribution is 2.22. The van der Waals surface area contributed by atoms with Crippen LogP contribution in [0.4, 0.5) is 18.7 Å². The zero-order chi connectivity index (χ0) is 17.1. The Labute approximate surface area is 141 Å². The van der Waals surface area contributed by atoms with Crippen molar-refractivity contribution in [3.8, 4) is 0 Å². The lowest BCUT2D eigenvalue weighted by Crippen LogP contribution is -2.40. The maximum atomic E-state index is 13.2. The number of halogens is 2. The first kappa shape index (κ1) is 16.7. The number of urea groups is 1. The van der Waals surface area contributed by atoms with Gasteiger partial charge in [0.1, 0.15) is 16.6 Å². The number of benzene rings is 1. The lowest BCUT2D eigenvalue weighted by atomic mass is 10.1. The fraction of sp³-hybridized carbons (Fsp3) is 0.400. The number of carbonyl (C=O) groups excluding carboxylic acids is 1. The second-order valence-electron chi connectivity index (χ2n) is 5.56. The Morgan fingerprint density at radius 2 is 2.08 bits per heavy atom. The Balaban J connectivity index is 1.64. The zero-order valence-electron chi connectivity index (χ0n) is 12.7. The topological polar surface area (TPSA) is 78.4 Å². The van der Waals surface area contributed by atoms with Gasteiger partial charge in [0.25, 0.3) is 0 Å². The Morgan fingerprint density at radius 1 is 1.33 bits per heavy atom. The molecule has 0 saturated carbocycles. The number of aliphatic hydroxyl groups is 1. The lowest BCUT2D eigenvalue weighted by Gasteiger charge is -2.22. The third kappa shape index (κ3) is 3.85. The van der Waals surface area contributed by atoms with Crippen molar-refractivity contribution in [1.29, 1.82) is 0 Å². The minimum Gasteiger partial charge on any atom is -0.394 e. The molecule has 1 aliphatic rings. The highest BCUT2D eigenvalue weighted by Gasteiger charge is 2.28. The smallest absolute Gasteiger partial charge is 0.324 e. The van der Waals surface area contributed by atoms with Crippen molar-refractivity contribution in [2.24, 2.45) is 0 Å². The predicted molar refractivity (Wildman–Crippen MR) is 84.9 cm³/mol. The SMILES string of the molecule is O=C(Nc1nnc(Cc2cc(F)cc(F)c2)s1)N1CCC[C@@H]1CO. The van der Waals surface area contributed by atoms with Crippen LogP contribution < -0.4 is 5.32 Å². The van der Waals surface area contributed by atoms with Crippen LogP contribution in [0.1, 0.15) is 23.4 Å². The van der Waals surface area contributed by atoms with E-state index in [-0.39, 0.29) is 25.1 Å². The molecule has 1 aromatic carbocycles. The molecule has 9 heteroatoms. The largest absolute Gasteiger partial charge is 0.394 e. The van der Waals surface area contributed by atoms with Gasteiger partial charge in [-0.2, -0.15) is 0 Å². The van der Waals surface area contributed by atoms with Crippen LogP contribution in [0, 0.1) is 11.6 Å². The Hall–Kier alpha value is -2.13. The van der Waals surface area contributed by atoms with Gasteiger partial charge in [-0.25, -0.2) is 13.6 Å². The van der Waals surface area contributed by atoms with Crippen molar-refractivity contribution in [1.82, 2.24) is 15.1 Å². The summed E-state index contributed by atoms with van der Waals surface area (Å²) >= 11 is 1.15. The van der Waals surface area contributed by atoms with Crippen LogP contribution >= 0.6 is 11.3 Å². The summed E-state index contributed by atoms with van der Waals surface area (Å²) in [4.78, 5) is 13.8. The number of hydrogen-bond acceptors (Lipinski definition) is 5. The molecule has 0 unspecified atom stereocenters. The van der Waals surface area contributed by atoms with E-state index in [1.54, 1.807) is 4.90 Å². The molecule has 2 amide bonds. The number of aliphatic hydroxyl groups excluding tert-OH is 1. The molecule has 2 N–H and O–H groups in total. The van der Waals surface area contributed by atoms with E-state index in [0.29, 0.717) is 22.2 Å². The summed E-state index contributed by atoms with van der Waals surface area (Å²) in [5.74, 6) is -1.29. The first-order valence-electron chi connectivity index (χ1n) is 7.51. The Bertz CT molecular complexity index is 720. The maximum absolute atomic E-state index is 13.2. The van der Waals surface area contributed by atoms with Gasteiger partial charge in [0.15, 0.2) is 0 Å². The van der Waals surface area contributed by atoms with Crippen molar-refractivity contribution in [3.05, 3.63) is 40.4 Å². The third-order valence-electron chi connectivity index (χ3n) is 3.81. The van der Waals surface area contributed by atoms with Crippen LogP contribution in [-0.4, -0.2) is 45.4 Å². The van der Waals surface area contributed by atoms with E-state index < -0.39 is 11.6 Å². The summed E-state index contributed by atoms with van der Waals surface area (Å²) in [6.07, 6.45) is 1.85. The van der Waals surface area contributed by atoms with Crippen molar-refractivity contribution < 1.29 is 18.7 Å². The fourth-order valence-electron chi connectivity index (χ4n) is 2.72. The van der Waals surface area contributed by atoms with Crippen LogP contribution in [0.25, 0.3) is 0 Å². The fourth-order valence-corrected chi connectivity index (χ4v) is 3.48. The summed E-state index contributed by atoms with van der Waals surface area (Å²) < 4.78 is 26.4. The van der Waals surface area contributed by atoms with Gasteiger partial charge >= 0.3 is 6.03 Å². The third-order valence-corrected chi connectivity index (χ3v) is 4.65. The van der Waals surface area contributed by atoms with Crippen LogP contribution in [0.3, 0.4) is 0 Å². The standard InChI is InChI=1S/C15H16F2N4O2S/c16-10-4-9(5-11(17)7-10)6-13-19-20-14(24-13)18-15(23)21-3-1-2-12(21)8-22/h4-5,7,12,22H,1-3,6,8H2,(H,18,20,23)/t12-/m1/s1. The molecule has 1 aliphatic heterocycles. The van der Waals surface area contributed by atoms with E-state index in [1.165, 1.54) is 12.1 Å². The minimum atomic E-state index is -0.646. The average Bonchev–Trinajstić information content (AvgIpc) is 3.15. The number of amides is 2. The summed E-state index contributed by atoms with van der Waals surface area (Å²) in [5, 5.41) is 20.6. The van der Waals surface area contributed by atoms with Crippen LogP contribution in [0.15, 0.2) is 18.2 Å². The molecule has 3 rings (SSSR count). The molecule has 0 aliphatic carbocycles. The molecule has 2 heterocycles. The van der Waals surface area contributed by atoms with Crippen LogP contribution in [0.5, 0.6) is 0 Å². The normalized spacial score (nSPS) is 17.3. The van der Waals surface area contributed by atoms with E-state index >= 15 is 0 Å². The quantitative estimate of drug-likeness (QED) is 0.884.